The van der Waals surface area contributed by atoms with Gasteiger partial charge in [-0.15, -0.1) is 0 Å². The second-order valence-corrected chi connectivity index (χ2v) is 5.67. The van der Waals surface area contributed by atoms with Crippen LogP contribution < -0.4 is 5.32 Å². The lowest BCUT2D eigenvalue weighted by Gasteiger charge is -2.22. The molecular weight excluding hydrogens is 228 g/mol. The highest BCUT2D eigenvalue weighted by atomic mass is 16.4. The predicted octanol–water partition coefficient (Wildman–Crippen LogP) is 3.95. The molecule has 1 heterocycles. The van der Waals surface area contributed by atoms with Gasteiger partial charge in [-0.1, -0.05) is 47.5 Å². The van der Waals surface area contributed by atoms with Gasteiger partial charge in [0, 0.05) is 5.41 Å². The number of unbranched alkanes of at least 4 members (excludes halogenated alkanes) is 1. The normalized spacial score (nSPS) is 11.9. The van der Waals surface area contributed by atoms with Crippen molar-refractivity contribution in [1.29, 1.82) is 0 Å². The molecule has 0 fully saturated rings. The number of rotatable bonds is 6. The molecule has 0 aliphatic rings. The number of hydrogen-bond acceptors (Lipinski definition) is 3. The maximum atomic E-state index is 12.1. The van der Waals surface area contributed by atoms with E-state index in [0.29, 0.717) is 11.9 Å². The molecule has 1 rings (SSSR count). The van der Waals surface area contributed by atoms with Crippen LogP contribution in [0.3, 0.4) is 0 Å². The first kappa shape index (κ1) is 14.7. The molecule has 1 N–H and O–H groups in total. The molecule has 0 unspecified atom stereocenters. The van der Waals surface area contributed by atoms with Gasteiger partial charge < -0.3 is 4.42 Å². The second-order valence-electron chi connectivity index (χ2n) is 5.67. The van der Waals surface area contributed by atoms with Crippen LogP contribution in [0.4, 0.5) is 6.01 Å². The first-order valence-electron chi connectivity index (χ1n) is 6.63. The third-order valence-electron chi connectivity index (χ3n) is 3.10. The van der Waals surface area contributed by atoms with E-state index in [-0.39, 0.29) is 11.3 Å². The highest BCUT2D eigenvalue weighted by Crippen LogP contribution is 2.25. The fourth-order valence-electron chi connectivity index (χ4n) is 1.61. The molecule has 0 spiro atoms. The van der Waals surface area contributed by atoms with Gasteiger partial charge in [0.15, 0.2) is 0 Å². The van der Waals surface area contributed by atoms with Crippen molar-refractivity contribution in [1.82, 2.24) is 4.98 Å². The van der Waals surface area contributed by atoms with Gasteiger partial charge in [0.05, 0.1) is 5.69 Å². The summed E-state index contributed by atoms with van der Waals surface area (Å²) in [6.45, 7) is 10.1. The Balaban J connectivity index is 2.62. The molecule has 1 aromatic heterocycles. The zero-order valence-corrected chi connectivity index (χ0v) is 12.0. The summed E-state index contributed by atoms with van der Waals surface area (Å²) in [4.78, 5) is 16.4. The Bertz CT molecular complexity index is 394. The van der Waals surface area contributed by atoms with Crippen molar-refractivity contribution in [2.24, 2.45) is 5.41 Å². The van der Waals surface area contributed by atoms with Crippen molar-refractivity contribution in [3.63, 3.8) is 0 Å². The minimum atomic E-state index is -0.386. The van der Waals surface area contributed by atoms with E-state index in [1.807, 2.05) is 27.7 Å². The number of nitrogens with zero attached hydrogens (tertiary/aromatic N) is 1. The lowest BCUT2D eigenvalue weighted by molar-refractivity contribution is -0.124. The molecule has 18 heavy (non-hydrogen) atoms. The molecule has 4 nitrogen and oxygen atoms in total. The Kier molecular flexibility index (Phi) is 4.93. The summed E-state index contributed by atoms with van der Waals surface area (Å²) in [5.74, 6) is 0.264. The van der Waals surface area contributed by atoms with E-state index in [4.69, 9.17) is 4.42 Å². The van der Waals surface area contributed by atoms with Crippen LogP contribution in [0.1, 0.15) is 65.5 Å². The Morgan fingerprint density at radius 3 is 2.67 bits per heavy atom. The van der Waals surface area contributed by atoms with Crippen molar-refractivity contribution in [3.05, 3.63) is 12.0 Å². The van der Waals surface area contributed by atoms with Crippen molar-refractivity contribution in [3.8, 4) is 0 Å². The zero-order chi connectivity index (χ0) is 13.8. The molecule has 0 aliphatic carbocycles. The van der Waals surface area contributed by atoms with Gasteiger partial charge in [-0.05, 0) is 12.3 Å². The number of anilines is 1. The van der Waals surface area contributed by atoms with Crippen LogP contribution in [0.5, 0.6) is 0 Å². The average Bonchev–Trinajstić information content (AvgIpc) is 2.75. The molecule has 1 aromatic rings. The van der Waals surface area contributed by atoms with Crippen LogP contribution in [-0.2, 0) is 4.79 Å². The maximum Gasteiger partial charge on any atom is 0.301 e. The summed E-state index contributed by atoms with van der Waals surface area (Å²) in [6.07, 6.45) is 4.60. The van der Waals surface area contributed by atoms with E-state index >= 15 is 0 Å². The van der Waals surface area contributed by atoms with Crippen molar-refractivity contribution >= 4 is 11.9 Å². The highest BCUT2D eigenvalue weighted by molar-refractivity contribution is 5.93. The number of oxazole rings is 1. The van der Waals surface area contributed by atoms with Gasteiger partial charge in [0.2, 0.25) is 5.91 Å². The fraction of sp³-hybridized carbons (Fsp3) is 0.714. The van der Waals surface area contributed by atoms with E-state index in [0.717, 1.165) is 25.0 Å². The molecule has 0 saturated heterocycles. The third kappa shape index (κ3) is 3.86. The van der Waals surface area contributed by atoms with E-state index in [1.165, 1.54) is 0 Å². The summed E-state index contributed by atoms with van der Waals surface area (Å²) in [6, 6.07) is 0.299. The average molecular weight is 252 g/mol. The SMILES string of the molecule is CCCCC(C)(C)C(=O)Nc1nc(C(C)C)co1. The number of amides is 1. The number of carbonyl (C=O) groups is 1. The molecule has 0 atom stereocenters. The van der Waals surface area contributed by atoms with Gasteiger partial charge in [-0.3, -0.25) is 10.1 Å². The van der Waals surface area contributed by atoms with Crippen LogP contribution in [0.25, 0.3) is 0 Å². The minimum absolute atomic E-state index is 0.0342. The van der Waals surface area contributed by atoms with Crippen LogP contribution in [0, 0.1) is 5.41 Å². The third-order valence-corrected chi connectivity index (χ3v) is 3.10. The second kappa shape index (κ2) is 6.03. The molecule has 0 radical (unpaired) electrons. The molecule has 4 heteroatoms. The standard InChI is InChI=1S/C14H24N2O2/c1-6-7-8-14(4,5)12(17)16-13-15-11(9-18-13)10(2)3/h9-10H,6-8H2,1-5H3,(H,15,16,17). The number of aromatic nitrogens is 1. The van der Waals surface area contributed by atoms with Crippen LogP contribution in [-0.4, -0.2) is 10.9 Å². The Labute approximate surface area is 109 Å². The summed E-state index contributed by atoms with van der Waals surface area (Å²) in [7, 11) is 0. The lowest BCUT2D eigenvalue weighted by Crippen LogP contribution is -2.30. The first-order valence-corrected chi connectivity index (χ1v) is 6.63. The number of nitrogens with one attached hydrogen (secondary N) is 1. The number of hydrogen-bond donors (Lipinski definition) is 1. The van der Waals surface area contributed by atoms with Crippen molar-refractivity contribution < 1.29 is 9.21 Å². The lowest BCUT2D eigenvalue weighted by atomic mass is 9.86. The fourth-order valence-corrected chi connectivity index (χ4v) is 1.61. The molecule has 0 bridgehead atoms. The monoisotopic (exact) mass is 252 g/mol. The summed E-state index contributed by atoms with van der Waals surface area (Å²) >= 11 is 0. The van der Waals surface area contributed by atoms with E-state index < -0.39 is 0 Å². The Morgan fingerprint density at radius 2 is 2.17 bits per heavy atom. The summed E-state index contributed by atoms with van der Waals surface area (Å²) < 4.78 is 5.25. The number of carbonyl (C=O) groups excluding carboxylic acids is 1. The van der Waals surface area contributed by atoms with Crippen LogP contribution in [0.2, 0.25) is 0 Å². The van der Waals surface area contributed by atoms with Gasteiger partial charge in [0.1, 0.15) is 6.26 Å². The maximum absolute atomic E-state index is 12.1. The largest absolute Gasteiger partial charge is 0.432 e. The van der Waals surface area contributed by atoms with Crippen LogP contribution >= 0.6 is 0 Å². The Hall–Kier alpha value is -1.32. The minimum Gasteiger partial charge on any atom is -0.432 e. The van der Waals surface area contributed by atoms with Gasteiger partial charge in [-0.2, -0.15) is 4.98 Å². The van der Waals surface area contributed by atoms with Crippen LogP contribution in [0.15, 0.2) is 10.7 Å². The predicted molar refractivity (Wildman–Crippen MR) is 72.5 cm³/mol. The zero-order valence-electron chi connectivity index (χ0n) is 12.0. The summed E-state index contributed by atoms with van der Waals surface area (Å²) in [5.41, 5.74) is 0.472. The Morgan fingerprint density at radius 1 is 1.50 bits per heavy atom. The van der Waals surface area contributed by atoms with Gasteiger partial charge >= 0.3 is 6.01 Å². The van der Waals surface area contributed by atoms with E-state index in [1.54, 1.807) is 6.26 Å². The van der Waals surface area contributed by atoms with E-state index in [2.05, 4.69) is 17.2 Å². The smallest absolute Gasteiger partial charge is 0.301 e. The highest BCUT2D eigenvalue weighted by Gasteiger charge is 2.28. The topological polar surface area (TPSA) is 55.1 Å². The summed E-state index contributed by atoms with van der Waals surface area (Å²) in [5, 5.41) is 2.75. The molecule has 0 saturated carbocycles. The first-order chi connectivity index (χ1) is 8.36. The van der Waals surface area contributed by atoms with E-state index in [9.17, 15) is 4.79 Å². The van der Waals surface area contributed by atoms with Crippen molar-refractivity contribution in [2.75, 3.05) is 5.32 Å². The molecular formula is C14H24N2O2. The molecule has 102 valence electrons. The van der Waals surface area contributed by atoms with Gasteiger partial charge in [0.25, 0.3) is 0 Å². The molecule has 1 amide bonds. The van der Waals surface area contributed by atoms with Gasteiger partial charge in [-0.25, -0.2) is 0 Å². The molecule has 0 aromatic carbocycles. The quantitative estimate of drug-likeness (QED) is 0.834. The molecule has 0 aliphatic heterocycles. The van der Waals surface area contributed by atoms with Crippen molar-refractivity contribution in [2.45, 2.75) is 59.8 Å².